The predicted octanol–water partition coefficient (Wildman–Crippen LogP) is 2.93. The Kier molecular flexibility index (Phi) is 6.84. The highest BCUT2D eigenvalue weighted by Crippen LogP contribution is 2.31. The van der Waals surface area contributed by atoms with Gasteiger partial charge in [0, 0.05) is 37.8 Å². The Morgan fingerprint density at radius 1 is 1.00 bits per heavy atom. The average molecular weight is 469 g/mol. The van der Waals surface area contributed by atoms with Crippen LogP contribution in [0, 0.1) is 0 Å². The highest BCUT2D eigenvalue weighted by molar-refractivity contribution is 6.33. The van der Waals surface area contributed by atoms with E-state index in [2.05, 4.69) is 10.00 Å². The van der Waals surface area contributed by atoms with Crippen LogP contribution in [-0.2, 0) is 11.3 Å². The van der Waals surface area contributed by atoms with Crippen LogP contribution in [0.1, 0.15) is 0 Å². The van der Waals surface area contributed by atoms with Gasteiger partial charge in [-0.1, -0.05) is 23.7 Å². The lowest BCUT2D eigenvalue weighted by Gasteiger charge is -2.36. The second-order valence-electron chi connectivity index (χ2n) is 7.60. The molecule has 3 aromatic rings. The van der Waals surface area contributed by atoms with Gasteiger partial charge in [0.2, 0.25) is 5.91 Å². The minimum absolute atomic E-state index is 0.134. The molecule has 1 aliphatic rings. The van der Waals surface area contributed by atoms with E-state index in [4.69, 9.17) is 21.1 Å². The number of nitrogens with zero attached hydrogens (tertiary/aromatic N) is 4. The van der Waals surface area contributed by atoms with Crippen LogP contribution in [0.15, 0.2) is 59.4 Å². The SMILES string of the molecule is COc1ccc(OC)c(-c2ccc(=O)n(CC(=O)N3CCN(c4ccccc4Cl)CC3)n2)c1. The maximum Gasteiger partial charge on any atom is 0.267 e. The molecule has 0 unspecified atom stereocenters. The highest BCUT2D eigenvalue weighted by Gasteiger charge is 2.23. The lowest BCUT2D eigenvalue weighted by atomic mass is 10.1. The number of rotatable bonds is 6. The highest BCUT2D eigenvalue weighted by atomic mass is 35.5. The minimum Gasteiger partial charge on any atom is -0.497 e. The lowest BCUT2D eigenvalue weighted by molar-refractivity contribution is -0.132. The van der Waals surface area contributed by atoms with Crippen LogP contribution in [0.3, 0.4) is 0 Å². The van der Waals surface area contributed by atoms with E-state index in [-0.39, 0.29) is 18.0 Å². The second-order valence-corrected chi connectivity index (χ2v) is 8.01. The van der Waals surface area contributed by atoms with Gasteiger partial charge in [0.15, 0.2) is 0 Å². The summed E-state index contributed by atoms with van der Waals surface area (Å²) in [7, 11) is 3.14. The van der Waals surface area contributed by atoms with E-state index < -0.39 is 0 Å². The van der Waals surface area contributed by atoms with Crippen molar-refractivity contribution in [1.82, 2.24) is 14.7 Å². The number of anilines is 1. The van der Waals surface area contributed by atoms with Gasteiger partial charge in [-0.05, 0) is 36.4 Å². The largest absolute Gasteiger partial charge is 0.497 e. The zero-order valence-electron chi connectivity index (χ0n) is 18.5. The number of amides is 1. The van der Waals surface area contributed by atoms with E-state index >= 15 is 0 Å². The Bertz CT molecular complexity index is 1210. The van der Waals surface area contributed by atoms with E-state index in [1.165, 1.54) is 10.7 Å². The fourth-order valence-electron chi connectivity index (χ4n) is 3.85. The Balaban J connectivity index is 1.48. The number of carbonyl (C=O) groups is 1. The van der Waals surface area contributed by atoms with Crippen molar-refractivity contribution in [3.05, 3.63) is 70.0 Å². The Morgan fingerprint density at radius 3 is 2.45 bits per heavy atom. The number of aromatic nitrogens is 2. The van der Waals surface area contributed by atoms with Crippen molar-refractivity contribution in [2.75, 3.05) is 45.3 Å². The number of methoxy groups -OCH3 is 2. The topological polar surface area (TPSA) is 76.9 Å². The third-order valence-corrected chi connectivity index (χ3v) is 5.98. The molecule has 8 nitrogen and oxygen atoms in total. The molecule has 4 rings (SSSR count). The Labute approximate surface area is 196 Å². The van der Waals surface area contributed by atoms with Gasteiger partial charge in [-0.2, -0.15) is 5.10 Å². The van der Waals surface area contributed by atoms with Crippen LogP contribution in [0.5, 0.6) is 11.5 Å². The zero-order valence-corrected chi connectivity index (χ0v) is 19.3. The molecule has 0 atom stereocenters. The van der Waals surface area contributed by atoms with Gasteiger partial charge in [-0.3, -0.25) is 9.59 Å². The lowest BCUT2D eigenvalue weighted by Crippen LogP contribution is -2.50. The van der Waals surface area contributed by atoms with Gasteiger partial charge < -0.3 is 19.3 Å². The van der Waals surface area contributed by atoms with Gasteiger partial charge in [-0.25, -0.2) is 4.68 Å². The summed E-state index contributed by atoms with van der Waals surface area (Å²) in [6.07, 6.45) is 0. The molecule has 9 heteroatoms. The molecule has 0 aliphatic carbocycles. The smallest absolute Gasteiger partial charge is 0.267 e. The molecule has 1 aliphatic heterocycles. The number of benzene rings is 2. The molecule has 172 valence electrons. The first-order valence-corrected chi connectivity index (χ1v) is 11.0. The standard InChI is InChI=1S/C24H25ClN4O4/c1-32-17-7-9-22(33-2)18(15-17)20-8-10-23(30)29(26-20)16-24(31)28-13-11-27(12-14-28)21-6-4-3-5-19(21)25/h3-10,15H,11-14,16H2,1-2H3. The fraction of sp³-hybridized carbons (Fsp3) is 0.292. The van der Waals surface area contributed by atoms with Crippen LogP contribution < -0.4 is 19.9 Å². The summed E-state index contributed by atoms with van der Waals surface area (Å²) in [5.74, 6) is 1.08. The molecule has 1 saturated heterocycles. The number of hydrogen-bond donors (Lipinski definition) is 0. The maximum absolute atomic E-state index is 12.9. The minimum atomic E-state index is -0.344. The van der Waals surface area contributed by atoms with Crippen molar-refractivity contribution < 1.29 is 14.3 Å². The fourth-order valence-corrected chi connectivity index (χ4v) is 4.11. The molecule has 0 N–H and O–H groups in total. The van der Waals surface area contributed by atoms with E-state index in [1.54, 1.807) is 43.4 Å². The molecule has 33 heavy (non-hydrogen) atoms. The van der Waals surface area contributed by atoms with Crippen LogP contribution in [-0.4, -0.2) is 61.0 Å². The maximum atomic E-state index is 12.9. The first kappa shape index (κ1) is 22.7. The summed E-state index contributed by atoms with van der Waals surface area (Å²) in [6, 6.07) is 16.0. The Hall–Kier alpha value is -3.52. The number of piperazine rings is 1. The van der Waals surface area contributed by atoms with Gasteiger partial charge in [0.05, 0.1) is 30.6 Å². The van der Waals surface area contributed by atoms with E-state index in [1.807, 2.05) is 24.3 Å². The quantitative estimate of drug-likeness (QED) is 0.553. The number of hydrogen-bond acceptors (Lipinski definition) is 6. The summed E-state index contributed by atoms with van der Waals surface area (Å²) in [5, 5.41) is 5.12. The molecular weight excluding hydrogens is 444 g/mol. The van der Waals surface area contributed by atoms with Crippen molar-refractivity contribution in [3.63, 3.8) is 0 Å². The first-order valence-electron chi connectivity index (χ1n) is 10.6. The molecular formula is C24H25ClN4O4. The van der Waals surface area contributed by atoms with Crippen LogP contribution >= 0.6 is 11.6 Å². The number of para-hydroxylation sites is 1. The summed E-state index contributed by atoms with van der Waals surface area (Å²) < 4.78 is 11.9. The molecule has 2 aromatic carbocycles. The van der Waals surface area contributed by atoms with Gasteiger partial charge >= 0.3 is 0 Å². The molecule has 0 bridgehead atoms. The molecule has 1 amide bonds. The first-order chi connectivity index (χ1) is 16.0. The number of ether oxygens (including phenoxy) is 2. The van der Waals surface area contributed by atoms with Crippen molar-refractivity contribution in [3.8, 4) is 22.8 Å². The van der Waals surface area contributed by atoms with Gasteiger partial charge in [-0.15, -0.1) is 0 Å². The van der Waals surface area contributed by atoms with Crippen LogP contribution in [0.25, 0.3) is 11.3 Å². The molecule has 0 saturated carbocycles. The monoisotopic (exact) mass is 468 g/mol. The molecule has 0 spiro atoms. The third-order valence-electron chi connectivity index (χ3n) is 5.66. The van der Waals surface area contributed by atoms with Crippen LogP contribution in [0.4, 0.5) is 5.69 Å². The van der Waals surface area contributed by atoms with Crippen molar-refractivity contribution in [1.29, 1.82) is 0 Å². The molecule has 1 fully saturated rings. The van der Waals surface area contributed by atoms with E-state index in [0.29, 0.717) is 54.0 Å². The van der Waals surface area contributed by atoms with Crippen molar-refractivity contribution in [2.45, 2.75) is 6.54 Å². The summed E-state index contributed by atoms with van der Waals surface area (Å²) in [4.78, 5) is 29.3. The third kappa shape index (κ3) is 4.96. The summed E-state index contributed by atoms with van der Waals surface area (Å²) in [5.41, 5.74) is 1.81. The molecule has 1 aromatic heterocycles. The zero-order chi connectivity index (χ0) is 23.4. The van der Waals surface area contributed by atoms with E-state index in [0.717, 1.165) is 5.69 Å². The van der Waals surface area contributed by atoms with Crippen LogP contribution in [0.2, 0.25) is 5.02 Å². The number of carbonyl (C=O) groups excluding carboxylic acids is 1. The normalized spacial score (nSPS) is 13.7. The van der Waals surface area contributed by atoms with Gasteiger partial charge in [0.1, 0.15) is 18.0 Å². The molecule has 0 radical (unpaired) electrons. The van der Waals surface area contributed by atoms with Gasteiger partial charge in [0.25, 0.3) is 5.56 Å². The average Bonchev–Trinajstić information content (AvgIpc) is 2.85. The Morgan fingerprint density at radius 2 is 1.76 bits per heavy atom. The second kappa shape index (κ2) is 9.95. The number of halogens is 1. The molecule has 2 heterocycles. The summed E-state index contributed by atoms with van der Waals surface area (Å²) in [6.45, 7) is 2.28. The summed E-state index contributed by atoms with van der Waals surface area (Å²) >= 11 is 6.30. The van der Waals surface area contributed by atoms with Crippen molar-refractivity contribution in [2.24, 2.45) is 0 Å². The van der Waals surface area contributed by atoms with Crippen molar-refractivity contribution >= 4 is 23.2 Å². The predicted molar refractivity (Wildman–Crippen MR) is 127 cm³/mol. The van der Waals surface area contributed by atoms with E-state index in [9.17, 15) is 9.59 Å².